The molecule has 25 heavy (non-hydrogen) atoms. The van der Waals surface area contributed by atoms with Gasteiger partial charge in [0.2, 0.25) is 5.91 Å². The number of nitrogens with zero attached hydrogens (tertiary/aromatic N) is 1. The Kier molecular flexibility index (Phi) is 7.08. The third-order valence-electron chi connectivity index (χ3n) is 2.87. The minimum Gasteiger partial charge on any atom is -0.452 e. The van der Waals surface area contributed by atoms with Crippen molar-refractivity contribution in [1.29, 1.82) is 0 Å². The molecule has 0 aliphatic carbocycles. The van der Waals surface area contributed by atoms with Crippen LogP contribution >= 0.6 is 31.9 Å². The standard InChI is InChI=1S/C16H13Br2N3O4/c17-11-5-10(6-19-7-11)16(24)25-9-15(23)20-8-14(22)21-13-4-2-1-3-12(13)18/h1-7H,8-9H2,(H,20,23)(H,21,22). The molecule has 1 aromatic carbocycles. The minimum atomic E-state index is -0.679. The molecule has 0 bridgehead atoms. The van der Waals surface area contributed by atoms with Crippen molar-refractivity contribution in [2.45, 2.75) is 0 Å². The lowest BCUT2D eigenvalue weighted by Gasteiger charge is -2.09. The number of anilines is 1. The van der Waals surface area contributed by atoms with Gasteiger partial charge in [-0.3, -0.25) is 14.6 Å². The molecule has 7 nitrogen and oxygen atoms in total. The Labute approximate surface area is 160 Å². The molecule has 9 heteroatoms. The SMILES string of the molecule is O=C(COC(=O)c1cncc(Br)c1)NCC(=O)Nc1ccccc1Br. The van der Waals surface area contributed by atoms with Crippen LogP contribution in [0.15, 0.2) is 51.7 Å². The van der Waals surface area contributed by atoms with Gasteiger partial charge in [0.1, 0.15) is 0 Å². The fourth-order valence-corrected chi connectivity index (χ4v) is 2.47. The largest absolute Gasteiger partial charge is 0.452 e. The third-order valence-corrected chi connectivity index (χ3v) is 3.99. The molecule has 0 atom stereocenters. The van der Waals surface area contributed by atoms with Gasteiger partial charge in [0.15, 0.2) is 6.61 Å². The number of hydrogen-bond acceptors (Lipinski definition) is 5. The average Bonchev–Trinajstić information content (AvgIpc) is 2.60. The molecule has 1 heterocycles. The number of pyridine rings is 1. The molecule has 0 radical (unpaired) electrons. The first-order chi connectivity index (χ1) is 12.0. The molecule has 0 spiro atoms. The second kappa shape index (κ2) is 9.28. The first-order valence-electron chi connectivity index (χ1n) is 7.04. The predicted molar refractivity (Wildman–Crippen MR) is 98.0 cm³/mol. The molecule has 0 aliphatic heterocycles. The lowest BCUT2D eigenvalue weighted by atomic mass is 10.3. The van der Waals surface area contributed by atoms with E-state index < -0.39 is 24.4 Å². The maximum atomic E-state index is 11.8. The fraction of sp³-hybridized carbons (Fsp3) is 0.125. The topological polar surface area (TPSA) is 97.4 Å². The van der Waals surface area contributed by atoms with E-state index in [0.29, 0.717) is 10.2 Å². The zero-order chi connectivity index (χ0) is 18.2. The van der Waals surface area contributed by atoms with E-state index in [1.807, 2.05) is 6.07 Å². The summed E-state index contributed by atoms with van der Waals surface area (Å²) in [5.74, 6) is -1.66. The molecular weight excluding hydrogens is 458 g/mol. The molecule has 130 valence electrons. The first kappa shape index (κ1) is 19.1. The van der Waals surface area contributed by atoms with E-state index in [1.165, 1.54) is 18.5 Å². The van der Waals surface area contributed by atoms with Crippen molar-refractivity contribution in [2.24, 2.45) is 0 Å². The Hall–Kier alpha value is -2.26. The van der Waals surface area contributed by atoms with Crippen LogP contribution < -0.4 is 10.6 Å². The minimum absolute atomic E-state index is 0.217. The number of rotatable bonds is 6. The Balaban J connectivity index is 1.74. The van der Waals surface area contributed by atoms with Crippen molar-refractivity contribution in [3.8, 4) is 0 Å². The maximum Gasteiger partial charge on any atom is 0.340 e. The monoisotopic (exact) mass is 469 g/mol. The van der Waals surface area contributed by atoms with E-state index >= 15 is 0 Å². The van der Waals surface area contributed by atoms with Crippen LogP contribution in [0.4, 0.5) is 5.69 Å². The molecule has 2 N–H and O–H groups in total. The molecule has 0 saturated heterocycles. The quantitative estimate of drug-likeness (QED) is 0.632. The second-order valence-electron chi connectivity index (χ2n) is 4.77. The van der Waals surface area contributed by atoms with E-state index in [4.69, 9.17) is 4.74 Å². The molecule has 0 saturated carbocycles. The van der Waals surface area contributed by atoms with E-state index in [1.54, 1.807) is 18.2 Å². The molecule has 2 amide bonds. The van der Waals surface area contributed by atoms with Crippen molar-refractivity contribution in [2.75, 3.05) is 18.5 Å². The van der Waals surface area contributed by atoms with E-state index in [9.17, 15) is 14.4 Å². The summed E-state index contributed by atoms with van der Waals surface area (Å²) >= 11 is 6.49. The Morgan fingerprint density at radius 3 is 2.56 bits per heavy atom. The summed E-state index contributed by atoms with van der Waals surface area (Å²) in [7, 11) is 0. The summed E-state index contributed by atoms with van der Waals surface area (Å²) < 4.78 is 6.21. The van der Waals surface area contributed by atoms with Gasteiger partial charge >= 0.3 is 5.97 Å². The number of aromatic nitrogens is 1. The molecule has 0 fully saturated rings. The number of benzene rings is 1. The van der Waals surface area contributed by atoms with Crippen LogP contribution in [0.1, 0.15) is 10.4 Å². The zero-order valence-corrected chi connectivity index (χ0v) is 16.0. The Morgan fingerprint density at radius 2 is 1.84 bits per heavy atom. The van der Waals surface area contributed by atoms with Crippen molar-refractivity contribution in [1.82, 2.24) is 10.3 Å². The van der Waals surface area contributed by atoms with Crippen LogP contribution in [0.25, 0.3) is 0 Å². The van der Waals surface area contributed by atoms with Gasteiger partial charge in [-0.2, -0.15) is 0 Å². The number of hydrogen-bond donors (Lipinski definition) is 2. The number of halogens is 2. The molecule has 0 aliphatic rings. The Morgan fingerprint density at radius 1 is 1.08 bits per heavy atom. The van der Waals surface area contributed by atoms with Gasteiger partial charge < -0.3 is 15.4 Å². The summed E-state index contributed by atoms with van der Waals surface area (Å²) in [6.45, 7) is -0.732. The van der Waals surface area contributed by atoms with Gasteiger partial charge in [0.25, 0.3) is 5.91 Å². The first-order valence-corrected chi connectivity index (χ1v) is 8.63. The number of carbonyl (C=O) groups excluding carboxylic acids is 3. The number of nitrogens with one attached hydrogen (secondary N) is 2. The molecule has 2 aromatic rings. The summed E-state index contributed by atoms with van der Waals surface area (Å²) in [6, 6.07) is 8.62. The van der Waals surface area contributed by atoms with Crippen molar-refractivity contribution in [3.63, 3.8) is 0 Å². The van der Waals surface area contributed by atoms with Gasteiger partial charge in [-0.25, -0.2) is 4.79 Å². The van der Waals surface area contributed by atoms with Crippen molar-refractivity contribution < 1.29 is 19.1 Å². The van der Waals surface area contributed by atoms with Crippen molar-refractivity contribution >= 4 is 55.3 Å². The highest BCUT2D eigenvalue weighted by Crippen LogP contribution is 2.20. The number of amides is 2. The van der Waals surface area contributed by atoms with Gasteiger partial charge in [0, 0.05) is 21.3 Å². The molecule has 0 unspecified atom stereocenters. The maximum absolute atomic E-state index is 11.8. The summed E-state index contributed by atoms with van der Waals surface area (Å²) in [4.78, 5) is 39.1. The van der Waals surface area contributed by atoms with E-state index in [-0.39, 0.29) is 12.1 Å². The van der Waals surface area contributed by atoms with Gasteiger partial charge in [-0.15, -0.1) is 0 Å². The van der Waals surface area contributed by atoms with Crippen LogP contribution in [0.5, 0.6) is 0 Å². The fourth-order valence-electron chi connectivity index (χ4n) is 1.72. The van der Waals surface area contributed by atoms with Gasteiger partial charge in [-0.1, -0.05) is 12.1 Å². The predicted octanol–water partition coefficient (Wildman–Crippen LogP) is 2.52. The Bertz CT molecular complexity index is 798. The average molecular weight is 471 g/mol. The highest BCUT2D eigenvalue weighted by molar-refractivity contribution is 9.10. The smallest absolute Gasteiger partial charge is 0.340 e. The lowest BCUT2D eigenvalue weighted by molar-refractivity contribution is -0.126. The summed E-state index contributed by atoms with van der Waals surface area (Å²) in [5, 5.41) is 5.01. The van der Waals surface area contributed by atoms with E-state index in [2.05, 4.69) is 47.5 Å². The summed E-state index contributed by atoms with van der Waals surface area (Å²) in [5.41, 5.74) is 0.809. The highest BCUT2D eigenvalue weighted by atomic mass is 79.9. The van der Waals surface area contributed by atoms with Crippen molar-refractivity contribution in [3.05, 3.63) is 57.2 Å². The van der Waals surface area contributed by atoms with Crippen LogP contribution in [0.2, 0.25) is 0 Å². The number of ether oxygens (including phenoxy) is 1. The normalized spacial score (nSPS) is 10.0. The second-order valence-corrected chi connectivity index (χ2v) is 6.54. The summed E-state index contributed by atoms with van der Waals surface area (Å²) in [6.07, 6.45) is 2.85. The van der Waals surface area contributed by atoms with Crippen LogP contribution in [-0.4, -0.2) is 35.9 Å². The molecule has 1 aromatic heterocycles. The van der Waals surface area contributed by atoms with Crippen LogP contribution in [-0.2, 0) is 14.3 Å². The van der Waals surface area contributed by atoms with Gasteiger partial charge in [0.05, 0.1) is 17.8 Å². The van der Waals surface area contributed by atoms with Gasteiger partial charge in [-0.05, 0) is 50.1 Å². The number of esters is 1. The zero-order valence-electron chi connectivity index (χ0n) is 12.8. The lowest BCUT2D eigenvalue weighted by Crippen LogP contribution is -2.35. The third kappa shape index (κ3) is 6.28. The van der Waals surface area contributed by atoms with Crippen LogP contribution in [0, 0.1) is 0 Å². The number of carbonyl (C=O) groups is 3. The van der Waals surface area contributed by atoms with E-state index in [0.717, 1.165) is 4.47 Å². The van der Waals surface area contributed by atoms with Crippen LogP contribution in [0.3, 0.4) is 0 Å². The molecule has 2 rings (SSSR count). The highest BCUT2D eigenvalue weighted by Gasteiger charge is 2.12. The molecular formula is C16H13Br2N3O4. The number of para-hydroxylation sites is 1.